The highest BCUT2D eigenvalue weighted by Gasteiger charge is 2.28. The van der Waals surface area contributed by atoms with Gasteiger partial charge >= 0.3 is 12.1 Å². The monoisotopic (exact) mass is 353 g/mol. The summed E-state index contributed by atoms with van der Waals surface area (Å²) in [4.78, 5) is 33.6. The number of benzene rings is 2. The second kappa shape index (κ2) is 7.82. The molecule has 6 heteroatoms. The van der Waals surface area contributed by atoms with Crippen molar-refractivity contribution in [1.29, 1.82) is 0 Å². The van der Waals surface area contributed by atoms with Crippen LogP contribution in [0.3, 0.4) is 0 Å². The molecule has 0 saturated carbocycles. The number of carbonyl (C=O) groups is 3. The van der Waals surface area contributed by atoms with Crippen LogP contribution in [0.15, 0.2) is 48.5 Å². The number of amides is 1. The van der Waals surface area contributed by atoms with Gasteiger partial charge in [0.1, 0.15) is 18.8 Å². The highest BCUT2D eigenvalue weighted by atomic mass is 16.5. The number of Topliss-reactive ketones (excluding diaryl/α,β-unsaturated/α-hetero) is 1. The Balaban J connectivity index is 1.56. The molecule has 0 spiro atoms. The van der Waals surface area contributed by atoms with Crippen LogP contribution in [0.2, 0.25) is 0 Å². The van der Waals surface area contributed by atoms with Gasteiger partial charge in [0, 0.05) is 18.9 Å². The first-order valence-electron chi connectivity index (χ1n) is 8.38. The van der Waals surface area contributed by atoms with E-state index in [1.54, 1.807) is 0 Å². The number of carboxylic acids is 1. The van der Waals surface area contributed by atoms with Crippen molar-refractivity contribution >= 4 is 17.8 Å². The van der Waals surface area contributed by atoms with Crippen LogP contribution in [-0.2, 0) is 14.3 Å². The van der Waals surface area contributed by atoms with Crippen molar-refractivity contribution in [1.82, 2.24) is 5.32 Å². The summed E-state index contributed by atoms with van der Waals surface area (Å²) in [6, 6.07) is 16.1. The lowest BCUT2D eigenvalue weighted by atomic mass is 9.98. The Morgan fingerprint density at radius 3 is 2.12 bits per heavy atom. The number of nitrogens with one attached hydrogen (secondary N) is 1. The lowest BCUT2D eigenvalue weighted by molar-refractivity contribution is -0.140. The molecule has 2 aromatic carbocycles. The molecule has 1 aliphatic rings. The minimum absolute atomic E-state index is 0.0261. The standard InChI is InChI=1S/C20H19NO5/c22-13(11-19(23)24)9-10-21-20(25)26-12-18-16-7-3-1-5-14(16)15-6-2-4-8-17(15)18/h1-8,18H,9-12H2,(H,21,25)(H,23,24). The van der Waals surface area contributed by atoms with Gasteiger partial charge in [-0.1, -0.05) is 48.5 Å². The van der Waals surface area contributed by atoms with E-state index < -0.39 is 24.3 Å². The number of alkyl carbamates (subject to hydrolysis) is 1. The van der Waals surface area contributed by atoms with Crippen molar-refractivity contribution in [2.45, 2.75) is 18.8 Å². The van der Waals surface area contributed by atoms with Gasteiger partial charge < -0.3 is 15.2 Å². The zero-order chi connectivity index (χ0) is 18.5. The van der Waals surface area contributed by atoms with Crippen LogP contribution in [0.5, 0.6) is 0 Å². The molecule has 134 valence electrons. The van der Waals surface area contributed by atoms with E-state index >= 15 is 0 Å². The molecule has 1 aliphatic carbocycles. The highest BCUT2D eigenvalue weighted by molar-refractivity contribution is 5.94. The van der Waals surface area contributed by atoms with Gasteiger partial charge in [-0.05, 0) is 22.3 Å². The number of aliphatic carboxylic acids is 1. The number of rotatable bonds is 7. The third-order valence-electron chi connectivity index (χ3n) is 4.37. The fourth-order valence-electron chi connectivity index (χ4n) is 3.21. The molecular weight excluding hydrogens is 334 g/mol. The van der Waals surface area contributed by atoms with E-state index in [0.29, 0.717) is 0 Å². The molecule has 0 radical (unpaired) electrons. The number of carboxylic acid groups (broad SMARTS) is 1. The van der Waals surface area contributed by atoms with E-state index in [4.69, 9.17) is 9.84 Å². The molecule has 0 fully saturated rings. The number of ketones is 1. The van der Waals surface area contributed by atoms with Gasteiger partial charge in [-0.3, -0.25) is 9.59 Å². The second-order valence-electron chi connectivity index (χ2n) is 6.11. The Kier molecular flexibility index (Phi) is 5.31. The Morgan fingerprint density at radius 2 is 1.54 bits per heavy atom. The molecule has 1 amide bonds. The van der Waals surface area contributed by atoms with Crippen molar-refractivity contribution in [3.8, 4) is 11.1 Å². The molecular formula is C20H19NO5. The van der Waals surface area contributed by atoms with Crippen molar-refractivity contribution in [3.05, 3.63) is 59.7 Å². The first-order valence-corrected chi connectivity index (χ1v) is 8.38. The second-order valence-corrected chi connectivity index (χ2v) is 6.11. The van der Waals surface area contributed by atoms with Gasteiger partial charge in [0.05, 0.1) is 0 Å². The summed E-state index contributed by atoms with van der Waals surface area (Å²) in [5, 5.41) is 11.0. The molecule has 26 heavy (non-hydrogen) atoms. The number of hydrogen-bond acceptors (Lipinski definition) is 4. The van der Waals surface area contributed by atoms with Crippen LogP contribution >= 0.6 is 0 Å². The van der Waals surface area contributed by atoms with Crippen molar-refractivity contribution < 1.29 is 24.2 Å². The summed E-state index contributed by atoms with van der Waals surface area (Å²) in [5.74, 6) is -1.63. The van der Waals surface area contributed by atoms with Crippen molar-refractivity contribution in [2.75, 3.05) is 13.2 Å². The maximum Gasteiger partial charge on any atom is 0.407 e. The molecule has 2 aromatic rings. The lowest BCUT2D eigenvalue weighted by Gasteiger charge is -2.14. The van der Waals surface area contributed by atoms with E-state index in [9.17, 15) is 14.4 Å². The number of fused-ring (bicyclic) bond motifs is 3. The Hall–Kier alpha value is -3.15. The van der Waals surface area contributed by atoms with Gasteiger partial charge in [0.2, 0.25) is 0 Å². The predicted octanol–water partition coefficient (Wildman–Crippen LogP) is 2.96. The molecule has 2 N–H and O–H groups in total. The molecule has 0 bridgehead atoms. The van der Waals surface area contributed by atoms with Crippen LogP contribution in [-0.4, -0.2) is 36.1 Å². The third kappa shape index (κ3) is 3.91. The molecule has 6 nitrogen and oxygen atoms in total. The Morgan fingerprint density at radius 1 is 0.962 bits per heavy atom. The highest BCUT2D eigenvalue weighted by Crippen LogP contribution is 2.44. The average molecular weight is 353 g/mol. The van der Waals surface area contributed by atoms with Gasteiger partial charge in [-0.15, -0.1) is 0 Å². The predicted molar refractivity (Wildman–Crippen MR) is 94.9 cm³/mol. The van der Waals surface area contributed by atoms with Gasteiger partial charge in [-0.2, -0.15) is 0 Å². The van der Waals surface area contributed by atoms with Gasteiger partial charge in [0.15, 0.2) is 0 Å². The van der Waals surface area contributed by atoms with Crippen molar-refractivity contribution in [2.24, 2.45) is 0 Å². The summed E-state index contributed by atoms with van der Waals surface area (Å²) in [5.41, 5.74) is 4.55. The normalized spacial score (nSPS) is 12.2. The van der Waals surface area contributed by atoms with Crippen LogP contribution in [0.25, 0.3) is 11.1 Å². The number of ether oxygens (including phenoxy) is 1. The summed E-state index contributed by atoms with van der Waals surface area (Å²) >= 11 is 0. The lowest BCUT2D eigenvalue weighted by Crippen LogP contribution is -2.28. The van der Waals surface area contributed by atoms with Crippen molar-refractivity contribution in [3.63, 3.8) is 0 Å². The Labute approximate surface area is 150 Å². The molecule has 0 aromatic heterocycles. The Bertz CT molecular complexity index is 800. The van der Waals surface area contributed by atoms with Crippen LogP contribution in [0.1, 0.15) is 29.9 Å². The van der Waals surface area contributed by atoms with E-state index in [2.05, 4.69) is 17.4 Å². The molecule has 0 saturated heterocycles. The summed E-state index contributed by atoms with van der Waals surface area (Å²) in [6.45, 7) is 0.256. The largest absolute Gasteiger partial charge is 0.481 e. The van der Waals surface area contributed by atoms with E-state index in [1.165, 1.54) is 0 Å². The van der Waals surface area contributed by atoms with E-state index in [-0.39, 0.29) is 25.5 Å². The first-order chi connectivity index (χ1) is 12.6. The minimum Gasteiger partial charge on any atom is -0.481 e. The quantitative estimate of drug-likeness (QED) is 0.747. The third-order valence-corrected chi connectivity index (χ3v) is 4.37. The average Bonchev–Trinajstić information content (AvgIpc) is 2.93. The fourth-order valence-corrected chi connectivity index (χ4v) is 3.21. The van der Waals surface area contributed by atoms with E-state index in [1.807, 2.05) is 36.4 Å². The van der Waals surface area contributed by atoms with Gasteiger partial charge in [-0.25, -0.2) is 4.79 Å². The topological polar surface area (TPSA) is 92.7 Å². The van der Waals surface area contributed by atoms with E-state index in [0.717, 1.165) is 22.3 Å². The molecule has 0 unspecified atom stereocenters. The number of hydrogen-bond donors (Lipinski definition) is 2. The zero-order valence-corrected chi connectivity index (χ0v) is 14.1. The molecule has 0 heterocycles. The fraction of sp³-hybridized carbons (Fsp3) is 0.250. The van der Waals surface area contributed by atoms with Crippen LogP contribution < -0.4 is 5.32 Å². The summed E-state index contributed by atoms with van der Waals surface area (Å²) in [7, 11) is 0. The molecule has 0 atom stereocenters. The van der Waals surface area contributed by atoms with Gasteiger partial charge in [0.25, 0.3) is 0 Å². The summed E-state index contributed by atoms with van der Waals surface area (Å²) in [6.07, 6.45) is -1.18. The SMILES string of the molecule is O=C(O)CC(=O)CCNC(=O)OCC1c2ccccc2-c2ccccc21. The molecule has 3 rings (SSSR count). The van der Waals surface area contributed by atoms with Crippen LogP contribution in [0, 0.1) is 0 Å². The molecule has 0 aliphatic heterocycles. The maximum absolute atomic E-state index is 11.9. The minimum atomic E-state index is -1.17. The first kappa shape index (κ1) is 17.7. The smallest absolute Gasteiger partial charge is 0.407 e. The maximum atomic E-state index is 11.9. The number of carbonyl (C=O) groups excluding carboxylic acids is 2. The van der Waals surface area contributed by atoms with Crippen LogP contribution in [0.4, 0.5) is 4.79 Å². The summed E-state index contributed by atoms with van der Waals surface area (Å²) < 4.78 is 5.32. The zero-order valence-electron chi connectivity index (χ0n) is 14.1.